The second kappa shape index (κ2) is 6.00. The van der Waals surface area contributed by atoms with E-state index in [9.17, 15) is 5.11 Å². The molecule has 2 aromatic carbocycles. The maximum Gasteiger partial charge on any atom is 0.104 e. The van der Waals surface area contributed by atoms with E-state index in [0.717, 1.165) is 24.0 Å². The van der Waals surface area contributed by atoms with Crippen LogP contribution in [-0.4, -0.2) is 5.11 Å². The summed E-state index contributed by atoms with van der Waals surface area (Å²) in [5.41, 5.74) is 6.93. The Morgan fingerprint density at radius 1 is 1.00 bits per heavy atom. The van der Waals surface area contributed by atoms with E-state index < -0.39 is 6.10 Å². The van der Waals surface area contributed by atoms with Crippen molar-refractivity contribution in [1.82, 2.24) is 0 Å². The molecule has 0 amide bonds. The van der Waals surface area contributed by atoms with Gasteiger partial charge < -0.3 is 9.84 Å². The molecule has 0 aliphatic carbocycles. The number of hydrogen-bond acceptors (Lipinski definition) is 2. The van der Waals surface area contributed by atoms with Crippen LogP contribution in [0.2, 0.25) is 0 Å². The normalized spacial score (nSPS) is 15.0. The van der Waals surface area contributed by atoms with E-state index in [1.54, 1.807) is 0 Å². The molecule has 0 saturated carbocycles. The van der Waals surface area contributed by atoms with E-state index in [4.69, 9.17) is 4.74 Å². The number of aliphatic hydroxyl groups excluding tert-OH is 1. The molecule has 2 aromatic rings. The quantitative estimate of drug-likeness (QED) is 0.921. The average Bonchev–Trinajstić information content (AvgIpc) is 3.01. The fourth-order valence-electron chi connectivity index (χ4n) is 2.98. The summed E-state index contributed by atoms with van der Waals surface area (Å²) in [6.45, 7) is 5.63. The lowest BCUT2D eigenvalue weighted by Crippen LogP contribution is -2.05. The molecule has 0 aromatic heterocycles. The highest BCUT2D eigenvalue weighted by atomic mass is 16.5. The third kappa shape index (κ3) is 2.74. The first-order chi connectivity index (χ1) is 10.2. The Bertz CT molecular complexity index is 646. The fourth-order valence-corrected chi connectivity index (χ4v) is 2.98. The lowest BCUT2D eigenvalue weighted by Gasteiger charge is -2.17. The van der Waals surface area contributed by atoms with Gasteiger partial charge in [0.15, 0.2) is 0 Å². The van der Waals surface area contributed by atoms with Gasteiger partial charge in [-0.3, -0.25) is 0 Å². The Kier molecular flexibility index (Phi) is 4.09. The van der Waals surface area contributed by atoms with Gasteiger partial charge in [-0.2, -0.15) is 0 Å². The molecule has 1 aliphatic rings. The van der Waals surface area contributed by atoms with Crippen molar-refractivity contribution < 1.29 is 9.84 Å². The van der Waals surface area contributed by atoms with Crippen molar-refractivity contribution >= 4 is 0 Å². The number of ether oxygens (including phenoxy) is 1. The highest BCUT2D eigenvalue weighted by molar-refractivity contribution is 5.42. The van der Waals surface area contributed by atoms with Crippen molar-refractivity contribution in [2.24, 2.45) is 0 Å². The van der Waals surface area contributed by atoms with Crippen LogP contribution in [0, 0.1) is 0 Å². The van der Waals surface area contributed by atoms with Crippen LogP contribution in [-0.2, 0) is 30.8 Å². The first-order valence-corrected chi connectivity index (χ1v) is 7.72. The van der Waals surface area contributed by atoms with Crippen molar-refractivity contribution in [3.8, 4) is 0 Å². The topological polar surface area (TPSA) is 29.5 Å². The van der Waals surface area contributed by atoms with Crippen LogP contribution in [0.5, 0.6) is 0 Å². The molecule has 2 heteroatoms. The van der Waals surface area contributed by atoms with Crippen molar-refractivity contribution in [3.63, 3.8) is 0 Å². The predicted molar refractivity (Wildman–Crippen MR) is 84.2 cm³/mol. The van der Waals surface area contributed by atoms with Crippen molar-refractivity contribution in [2.45, 2.75) is 46.0 Å². The Morgan fingerprint density at radius 3 is 2.57 bits per heavy atom. The molecule has 0 bridgehead atoms. The molecule has 0 radical (unpaired) electrons. The summed E-state index contributed by atoms with van der Waals surface area (Å²) in [5.74, 6) is 0. The molecule has 21 heavy (non-hydrogen) atoms. The minimum Gasteiger partial charge on any atom is -0.384 e. The standard InChI is InChI=1S/C19H22O2/c1-3-13-5-6-14(4-2)18(9-13)19(20)15-7-8-16-11-21-12-17(16)10-15/h5-10,19-20H,3-4,11-12H2,1-2H3. The molecule has 1 heterocycles. The van der Waals surface area contributed by atoms with Crippen LogP contribution in [0.3, 0.4) is 0 Å². The van der Waals surface area contributed by atoms with Crippen LogP contribution in [0.15, 0.2) is 36.4 Å². The van der Waals surface area contributed by atoms with Crippen molar-refractivity contribution in [3.05, 3.63) is 69.8 Å². The van der Waals surface area contributed by atoms with E-state index in [0.29, 0.717) is 13.2 Å². The van der Waals surface area contributed by atoms with Gasteiger partial charge in [-0.15, -0.1) is 0 Å². The van der Waals surface area contributed by atoms with Crippen molar-refractivity contribution in [1.29, 1.82) is 0 Å². The Morgan fingerprint density at radius 2 is 1.81 bits per heavy atom. The van der Waals surface area contributed by atoms with Gasteiger partial charge in [0.05, 0.1) is 13.2 Å². The maximum atomic E-state index is 10.8. The van der Waals surface area contributed by atoms with Crippen LogP contribution in [0.1, 0.15) is 53.3 Å². The lowest BCUT2D eigenvalue weighted by molar-refractivity contribution is 0.134. The molecule has 3 rings (SSSR count). The van der Waals surface area contributed by atoms with Gasteiger partial charge >= 0.3 is 0 Å². The molecule has 0 saturated heterocycles. The average molecular weight is 282 g/mol. The van der Waals surface area contributed by atoms with Crippen LogP contribution < -0.4 is 0 Å². The minimum absolute atomic E-state index is 0.558. The second-order valence-electron chi connectivity index (χ2n) is 5.66. The van der Waals surface area contributed by atoms with Gasteiger partial charge in [0.1, 0.15) is 6.10 Å². The molecule has 1 atom stereocenters. The summed E-state index contributed by atoms with van der Waals surface area (Å²) < 4.78 is 5.46. The smallest absolute Gasteiger partial charge is 0.104 e. The van der Waals surface area contributed by atoms with Gasteiger partial charge in [0.2, 0.25) is 0 Å². The van der Waals surface area contributed by atoms with E-state index in [2.05, 4.69) is 44.2 Å². The third-order valence-corrected chi connectivity index (χ3v) is 4.36. The molecule has 1 unspecified atom stereocenters. The molecular weight excluding hydrogens is 260 g/mol. The first kappa shape index (κ1) is 14.3. The summed E-state index contributed by atoms with van der Waals surface area (Å²) in [4.78, 5) is 0. The third-order valence-electron chi connectivity index (χ3n) is 4.36. The zero-order chi connectivity index (χ0) is 14.8. The molecule has 110 valence electrons. The number of benzene rings is 2. The highest BCUT2D eigenvalue weighted by Crippen LogP contribution is 2.30. The Balaban J connectivity index is 1.99. The monoisotopic (exact) mass is 282 g/mol. The summed E-state index contributed by atoms with van der Waals surface area (Å²) in [6.07, 6.45) is 1.36. The predicted octanol–water partition coefficient (Wildman–Crippen LogP) is 3.92. The summed E-state index contributed by atoms with van der Waals surface area (Å²) in [7, 11) is 0. The van der Waals surface area contributed by atoms with Gasteiger partial charge in [0.25, 0.3) is 0 Å². The van der Waals surface area contributed by atoms with Gasteiger partial charge in [-0.1, -0.05) is 50.2 Å². The second-order valence-corrected chi connectivity index (χ2v) is 5.66. The largest absolute Gasteiger partial charge is 0.384 e. The van der Waals surface area contributed by atoms with Gasteiger partial charge in [0, 0.05) is 0 Å². The molecule has 0 spiro atoms. The highest BCUT2D eigenvalue weighted by Gasteiger charge is 2.18. The molecule has 0 fully saturated rings. The fraction of sp³-hybridized carbons (Fsp3) is 0.368. The van der Waals surface area contributed by atoms with Crippen molar-refractivity contribution in [2.75, 3.05) is 0 Å². The molecular formula is C19H22O2. The van der Waals surface area contributed by atoms with Crippen LogP contribution in [0.25, 0.3) is 0 Å². The van der Waals surface area contributed by atoms with Gasteiger partial charge in [-0.25, -0.2) is 0 Å². The Labute approximate surface area is 126 Å². The summed E-state index contributed by atoms with van der Waals surface area (Å²) >= 11 is 0. The van der Waals surface area contributed by atoms with Gasteiger partial charge in [-0.05, 0) is 46.2 Å². The molecule has 2 nitrogen and oxygen atoms in total. The number of aliphatic hydroxyl groups is 1. The van der Waals surface area contributed by atoms with Crippen LogP contribution in [0.4, 0.5) is 0 Å². The number of hydrogen-bond donors (Lipinski definition) is 1. The molecule has 1 aliphatic heterocycles. The van der Waals surface area contributed by atoms with E-state index in [-0.39, 0.29) is 0 Å². The minimum atomic E-state index is -0.558. The lowest BCUT2D eigenvalue weighted by atomic mass is 9.92. The number of aryl methyl sites for hydroxylation is 2. The zero-order valence-electron chi connectivity index (χ0n) is 12.7. The zero-order valence-corrected chi connectivity index (χ0v) is 12.7. The molecule has 1 N–H and O–H groups in total. The first-order valence-electron chi connectivity index (χ1n) is 7.72. The van der Waals surface area contributed by atoms with E-state index in [1.165, 1.54) is 22.3 Å². The number of fused-ring (bicyclic) bond motifs is 1. The van der Waals surface area contributed by atoms with Crippen LogP contribution >= 0.6 is 0 Å². The van der Waals surface area contributed by atoms with E-state index in [1.807, 2.05) is 6.07 Å². The maximum absolute atomic E-state index is 10.8. The summed E-state index contributed by atoms with van der Waals surface area (Å²) in [5, 5.41) is 10.8. The Hall–Kier alpha value is -1.64. The number of rotatable bonds is 4. The SMILES string of the molecule is CCc1ccc(CC)c(C(O)c2ccc3c(c2)COC3)c1. The summed E-state index contributed by atoms with van der Waals surface area (Å²) in [6, 6.07) is 12.6. The van der Waals surface area contributed by atoms with E-state index >= 15 is 0 Å².